The van der Waals surface area contributed by atoms with Gasteiger partial charge in [0.05, 0.1) is 6.61 Å². The molecule has 3 heteroatoms. The van der Waals surface area contributed by atoms with E-state index in [1.807, 2.05) is 12.1 Å². The highest BCUT2D eigenvalue weighted by Gasteiger charge is 2.22. The van der Waals surface area contributed by atoms with E-state index in [1.54, 1.807) is 6.07 Å². The van der Waals surface area contributed by atoms with Crippen molar-refractivity contribution in [2.24, 2.45) is 23.7 Å². The number of unbranched alkanes of at least 4 members (excludes halogenated alkanes) is 9. The monoisotopic (exact) mass is 496 g/mol. The molecule has 1 aromatic carbocycles. The molecule has 2 saturated carbocycles. The van der Waals surface area contributed by atoms with Crippen LogP contribution >= 0.6 is 0 Å². The fourth-order valence-corrected chi connectivity index (χ4v) is 6.39. The molecule has 3 nitrogen and oxygen atoms in total. The second-order valence-corrected chi connectivity index (χ2v) is 12.1. The summed E-state index contributed by atoms with van der Waals surface area (Å²) < 4.78 is 6.00. The zero-order valence-electron chi connectivity index (χ0n) is 23.4. The first kappa shape index (κ1) is 28.9. The fraction of sp³-hybridized carbons (Fsp3) is 0.758. The van der Waals surface area contributed by atoms with E-state index in [0.29, 0.717) is 17.3 Å². The van der Waals surface area contributed by atoms with Crippen LogP contribution in [0.4, 0.5) is 11.4 Å². The van der Waals surface area contributed by atoms with Crippen LogP contribution in [0.1, 0.15) is 129 Å². The average Bonchev–Trinajstić information content (AvgIpc) is 2.88. The highest BCUT2D eigenvalue weighted by atomic mass is 16.5. The summed E-state index contributed by atoms with van der Waals surface area (Å²) in [6.07, 6.45) is 32.1. The van der Waals surface area contributed by atoms with Crippen molar-refractivity contribution in [1.29, 1.82) is 0 Å². The van der Waals surface area contributed by atoms with Crippen LogP contribution in [0.2, 0.25) is 0 Å². The van der Waals surface area contributed by atoms with Gasteiger partial charge in [-0.1, -0.05) is 89.7 Å². The minimum absolute atomic E-state index is 0.651. The lowest BCUT2D eigenvalue weighted by Crippen LogP contribution is -2.19. The summed E-state index contributed by atoms with van der Waals surface area (Å²) in [5, 5.41) is 0. The van der Waals surface area contributed by atoms with Gasteiger partial charge in [-0.25, -0.2) is 0 Å². The Kier molecular flexibility index (Phi) is 13.6. The Morgan fingerprint density at radius 3 is 1.64 bits per heavy atom. The zero-order valence-corrected chi connectivity index (χ0v) is 23.4. The van der Waals surface area contributed by atoms with E-state index < -0.39 is 0 Å². The van der Waals surface area contributed by atoms with Crippen molar-refractivity contribution < 1.29 is 4.74 Å². The quantitative estimate of drug-likeness (QED) is 0.136. The molecule has 0 bridgehead atoms. The molecule has 3 rings (SSSR count). The predicted octanol–water partition coefficient (Wildman–Crippen LogP) is 9.71. The maximum Gasteiger partial charge on any atom is 0.123 e. The number of benzene rings is 1. The Hall–Kier alpha value is -1.64. The lowest BCUT2D eigenvalue weighted by molar-refractivity contribution is 0.194. The smallest absolute Gasteiger partial charge is 0.123 e. The van der Waals surface area contributed by atoms with E-state index in [9.17, 15) is 0 Å². The minimum Gasteiger partial charge on any atom is -0.493 e. The maximum atomic E-state index is 6.00. The van der Waals surface area contributed by atoms with Gasteiger partial charge < -0.3 is 16.2 Å². The second-order valence-electron chi connectivity index (χ2n) is 12.1. The molecule has 0 amide bonds. The summed E-state index contributed by atoms with van der Waals surface area (Å²) in [6, 6.07) is 5.52. The highest BCUT2D eigenvalue weighted by Crippen LogP contribution is 2.35. The Morgan fingerprint density at radius 1 is 0.639 bits per heavy atom. The molecule has 0 unspecified atom stereocenters. The first-order valence-corrected chi connectivity index (χ1v) is 15.6. The van der Waals surface area contributed by atoms with Crippen molar-refractivity contribution in [2.75, 3.05) is 18.1 Å². The molecule has 0 atom stereocenters. The van der Waals surface area contributed by atoms with Crippen LogP contribution in [0.15, 0.2) is 30.4 Å². The molecule has 0 radical (unpaired) electrons. The summed E-state index contributed by atoms with van der Waals surface area (Å²) in [6.45, 7) is 3.08. The van der Waals surface area contributed by atoms with Crippen LogP contribution in [-0.4, -0.2) is 6.61 Å². The van der Waals surface area contributed by atoms with Gasteiger partial charge in [-0.15, -0.1) is 0 Å². The summed E-state index contributed by atoms with van der Waals surface area (Å²) in [7, 11) is 0. The van der Waals surface area contributed by atoms with E-state index in [1.165, 1.54) is 122 Å². The predicted molar refractivity (Wildman–Crippen MR) is 157 cm³/mol. The third kappa shape index (κ3) is 11.6. The number of hydrogen-bond donors (Lipinski definition) is 2. The van der Waals surface area contributed by atoms with Crippen molar-refractivity contribution in [2.45, 2.75) is 129 Å². The Balaban J connectivity index is 1.18. The normalized spacial score (nSPS) is 24.8. The molecular formula is C33H56N2O. The zero-order chi connectivity index (χ0) is 25.4. The third-order valence-corrected chi connectivity index (χ3v) is 8.84. The van der Waals surface area contributed by atoms with Crippen molar-refractivity contribution in [1.82, 2.24) is 0 Å². The molecule has 0 aliphatic heterocycles. The lowest BCUT2D eigenvalue weighted by Gasteiger charge is -2.29. The van der Waals surface area contributed by atoms with Gasteiger partial charge in [0.15, 0.2) is 0 Å². The first-order valence-electron chi connectivity index (χ1n) is 15.6. The Morgan fingerprint density at radius 2 is 1.11 bits per heavy atom. The van der Waals surface area contributed by atoms with Gasteiger partial charge in [0.1, 0.15) is 5.75 Å². The van der Waals surface area contributed by atoms with Crippen LogP contribution in [0.3, 0.4) is 0 Å². The molecule has 1 aromatic rings. The molecule has 0 heterocycles. The van der Waals surface area contributed by atoms with Gasteiger partial charge in [-0.2, -0.15) is 0 Å². The van der Waals surface area contributed by atoms with Gasteiger partial charge in [0, 0.05) is 23.5 Å². The third-order valence-electron chi connectivity index (χ3n) is 8.84. The van der Waals surface area contributed by atoms with E-state index in [4.69, 9.17) is 16.2 Å². The Labute approximate surface area is 222 Å². The maximum absolute atomic E-state index is 6.00. The van der Waals surface area contributed by atoms with Crippen molar-refractivity contribution >= 4 is 11.4 Å². The van der Waals surface area contributed by atoms with Gasteiger partial charge >= 0.3 is 0 Å². The minimum atomic E-state index is 0.651. The second kappa shape index (κ2) is 17.0. The standard InChI is InChI=1S/C33H56N2O/c1-2-3-4-5-6-7-8-9-10-11-12-27-13-15-28(16-14-27)17-18-29-19-21-30(22-20-29)26-36-33-24-31(34)23-32(35)25-33/h17-18,23-25,27-30H,2-16,19-22,26,34-35H2,1H3/b18-17+. The van der Waals surface area contributed by atoms with E-state index >= 15 is 0 Å². The van der Waals surface area contributed by atoms with E-state index in [0.717, 1.165) is 30.1 Å². The number of rotatable bonds is 16. The number of nitrogen functional groups attached to an aromatic ring is 2. The number of hydrogen-bond acceptors (Lipinski definition) is 3. The van der Waals surface area contributed by atoms with Crippen molar-refractivity contribution in [3.8, 4) is 5.75 Å². The summed E-state index contributed by atoms with van der Waals surface area (Å²) >= 11 is 0. The van der Waals surface area contributed by atoms with Crippen LogP contribution in [0.5, 0.6) is 5.75 Å². The highest BCUT2D eigenvalue weighted by molar-refractivity contribution is 5.56. The largest absolute Gasteiger partial charge is 0.493 e. The average molecular weight is 497 g/mol. The lowest BCUT2D eigenvalue weighted by atomic mass is 9.78. The van der Waals surface area contributed by atoms with Gasteiger partial charge in [0.25, 0.3) is 0 Å². The molecule has 204 valence electrons. The van der Waals surface area contributed by atoms with E-state index in [-0.39, 0.29) is 0 Å². The number of nitrogens with two attached hydrogens (primary N) is 2. The molecule has 0 aromatic heterocycles. The molecule has 2 fully saturated rings. The van der Waals surface area contributed by atoms with Crippen LogP contribution in [0, 0.1) is 23.7 Å². The van der Waals surface area contributed by atoms with Crippen molar-refractivity contribution in [3.05, 3.63) is 30.4 Å². The number of ether oxygens (including phenoxy) is 1. The van der Waals surface area contributed by atoms with Crippen LogP contribution < -0.4 is 16.2 Å². The van der Waals surface area contributed by atoms with Gasteiger partial charge in [-0.05, 0) is 81.1 Å². The molecule has 2 aliphatic rings. The summed E-state index contributed by atoms with van der Waals surface area (Å²) in [5.74, 6) is 4.07. The van der Waals surface area contributed by atoms with E-state index in [2.05, 4.69) is 19.1 Å². The van der Waals surface area contributed by atoms with Crippen LogP contribution in [0.25, 0.3) is 0 Å². The van der Waals surface area contributed by atoms with Gasteiger partial charge in [-0.3, -0.25) is 0 Å². The Bertz CT molecular complexity index is 709. The molecule has 0 spiro atoms. The molecule has 4 N–H and O–H groups in total. The number of allylic oxidation sites excluding steroid dienone is 2. The van der Waals surface area contributed by atoms with Crippen molar-refractivity contribution in [3.63, 3.8) is 0 Å². The molecule has 36 heavy (non-hydrogen) atoms. The van der Waals surface area contributed by atoms with Gasteiger partial charge in [0.2, 0.25) is 0 Å². The first-order chi connectivity index (χ1) is 17.6. The molecule has 2 aliphatic carbocycles. The SMILES string of the molecule is CCCCCCCCCCCCC1CCC(/C=C/C2CCC(COc3cc(N)cc(N)c3)CC2)CC1. The summed E-state index contributed by atoms with van der Waals surface area (Å²) in [5.41, 5.74) is 13.1. The number of anilines is 2. The van der Waals surface area contributed by atoms with Crippen LogP contribution in [-0.2, 0) is 0 Å². The molecular weight excluding hydrogens is 440 g/mol. The fourth-order valence-electron chi connectivity index (χ4n) is 6.39. The topological polar surface area (TPSA) is 61.3 Å². The molecule has 0 saturated heterocycles. The summed E-state index contributed by atoms with van der Waals surface area (Å²) in [4.78, 5) is 0.